The number of rotatable bonds is 2. The molecule has 0 heterocycles. The van der Waals surface area contributed by atoms with Gasteiger partial charge in [0.1, 0.15) is 5.82 Å². The van der Waals surface area contributed by atoms with Crippen molar-refractivity contribution in [2.75, 3.05) is 0 Å². The first-order valence-corrected chi connectivity index (χ1v) is 4.08. The van der Waals surface area contributed by atoms with Crippen LogP contribution in [0, 0.1) is 17.5 Å². The second kappa shape index (κ2) is 4.17. The average molecular weight is 201 g/mol. The highest BCUT2D eigenvalue weighted by Gasteiger charge is 2.09. The molecule has 0 amide bonds. The molecule has 0 radical (unpaired) electrons. The maximum atomic E-state index is 13.0. The van der Waals surface area contributed by atoms with Crippen LogP contribution in [0.3, 0.4) is 0 Å². The average Bonchev–Trinajstić information content (AvgIpc) is 2.14. The third-order valence-corrected chi connectivity index (χ3v) is 1.85. The summed E-state index contributed by atoms with van der Waals surface area (Å²) in [5.41, 5.74) is 5.91. The van der Waals surface area contributed by atoms with Crippen molar-refractivity contribution < 1.29 is 13.2 Å². The highest BCUT2D eigenvalue weighted by atomic mass is 19.2. The Kier molecular flexibility index (Phi) is 3.17. The molecular formula is C10H10F3N. The maximum Gasteiger partial charge on any atom is 0.161 e. The van der Waals surface area contributed by atoms with Crippen LogP contribution in [0.1, 0.15) is 12.5 Å². The van der Waals surface area contributed by atoms with E-state index in [4.69, 9.17) is 5.73 Å². The van der Waals surface area contributed by atoms with Crippen molar-refractivity contribution in [2.24, 2.45) is 5.73 Å². The lowest BCUT2D eigenvalue weighted by Crippen LogP contribution is -2.04. The van der Waals surface area contributed by atoms with Crippen LogP contribution in [-0.2, 0) is 6.42 Å². The summed E-state index contributed by atoms with van der Waals surface area (Å²) >= 11 is 0. The van der Waals surface area contributed by atoms with Gasteiger partial charge in [-0.25, -0.2) is 13.2 Å². The number of halogens is 3. The lowest BCUT2D eigenvalue weighted by atomic mass is 10.1. The van der Waals surface area contributed by atoms with Gasteiger partial charge >= 0.3 is 0 Å². The van der Waals surface area contributed by atoms with Gasteiger partial charge in [0.15, 0.2) is 11.6 Å². The molecule has 1 aromatic rings. The summed E-state index contributed by atoms with van der Waals surface area (Å²) < 4.78 is 38.3. The van der Waals surface area contributed by atoms with Crippen LogP contribution in [0.15, 0.2) is 23.9 Å². The summed E-state index contributed by atoms with van der Waals surface area (Å²) in [6.45, 7) is 1.69. The minimum Gasteiger partial charge on any atom is -0.402 e. The molecule has 1 aromatic carbocycles. The van der Waals surface area contributed by atoms with Crippen LogP contribution in [0.2, 0.25) is 0 Å². The Morgan fingerprint density at radius 3 is 2.36 bits per heavy atom. The number of allylic oxidation sites excluding steroid dienone is 2. The normalized spacial score (nSPS) is 11.9. The van der Waals surface area contributed by atoms with Crippen molar-refractivity contribution in [1.82, 2.24) is 0 Å². The van der Waals surface area contributed by atoms with Crippen molar-refractivity contribution in [2.45, 2.75) is 13.3 Å². The van der Waals surface area contributed by atoms with Gasteiger partial charge in [-0.3, -0.25) is 0 Å². The predicted molar refractivity (Wildman–Crippen MR) is 48.0 cm³/mol. The van der Waals surface area contributed by atoms with E-state index in [-0.39, 0.29) is 12.0 Å². The van der Waals surface area contributed by atoms with E-state index in [2.05, 4.69) is 0 Å². The number of nitrogens with two attached hydrogens (primary N) is 1. The summed E-state index contributed by atoms with van der Waals surface area (Å²) in [7, 11) is 0. The largest absolute Gasteiger partial charge is 0.402 e. The first-order chi connectivity index (χ1) is 6.54. The fourth-order valence-corrected chi connectivity index (χ4v) is 1.02. The molecule has 0 aliphatic rings. The van der Waals surface area contributed by atoms with Crippen molar-refractivity contribution >= 4 is 0 Å². The first-order valence-electron chi connectivity index (χ1n) is 4.08. The van der Waals surface area contributed by atoms with Crippen LogP contribution >= 0.6 is 0 Å². The van der Waals surface area contributed by atoms with Crippen LogP contribution < -0.4 is 5.73 Å². The van der Waals surface area contributed by atoms with E-state index in [1.165, 1.54) is 0 Å². The van der Waals surface area contributed by atoms with E-state index < -0.39 is 17.5 Å². The molecule has 14 heavy (non-hydrogen) atoms. The Morgan fingerprint density at radius 2 is 1.79 bits per heavy atom. The van der Waals surface area contributed by atoms with Crippen LogP contribution in [-0.4, -0.2) is 0 Å². The minimum absolute atomic E-state index is 0.0551. The van der Waals surface area contributed by atoms with Crippen molar-refractivity contribution in [1.29, 1.82) is 0 Å². The Balaban J connectivity index is 3.04. The van der Waals surface area contributed by atoms with Crippen LogP contribution in [0.25, 0.3) is 0 Å². The molecule has 0 bridgehead atoms. The lowest BCUT2D eigenvalue weighted by Gasteiger charge is -2.04. The van der Waals surface area contributed by atoms with Gasteiger partial charge in [0, 0.05) is 18.2 Å². The molecule has 0 spiro atoms. The van der Waals surface area contributed by atoms with E-state index in [1.807, 2.05) is 0 Å². The Labute approximate surface area is 80.0 Å². The predicted octanol–water partition coefficient (Wildman–Crippen LogP) is 2.51. The van der Waals surface area contributed by atoms with Crippen molar-refractivity contribution in [3.05, 3.63) is 46.9 Å². The highest BCUT2D eigenvalue weighted by Crippen LogP contribution is 2.15. The molecule has 1 rings (SSSR count). The molecule has 0 aromatic heterocycles. The second-order valence-corrected chi connectivity index (χ2v) is 2.90. The monoisotopic (exact) mass is 201 g/mol. The Morgan fingerprint density at radius 1 is 1.21 bits per heavy atom. The van der Waals surface area contributed by atoms with E-state index in [0.717, 1.165) is 6.07 Å². The molecule has 0 fully saturated rings. The summed E-state index contributed by atoms with van der Waals surface area (Å²) in [5.74, 6) is -3.04. The van der Waals surface area contributed by atoms with Gasteiger partial charge < -0.3 is 5.73 Å². The molecule has 2 N–H and O–H groups in total. The zero-order chi connectivity index (χ0) is 10.7. The van der Waals surface area contributed by atoms with Gasteiger partial charge in [0.2, 0.25) is 0 Å². The van der Waals surface area contributed by atoms with Gasteiger partial charge in [-0.05, 0) is 18.6 Å². The van der Waals surface area contributed by atoms with Crippen molar-refractivity contribution in [3.63, 3.8) is 0 Å². The fraction of sp³-hybridized carbons (Fsp3) is 0.200. The topological polar surface area (TPSA) is 26.0 Å². The summed E-state index contributed by atoms with van der Waals surface area (Å²) in [6, 6.07) is 1.34. The zero-order valence-electron chi connectivity index (χ0n) is 7.65. The molecule has 0 aliphatic carbocycles. The Hall–Kier alpha value is -1.45. The van der Waals surface area contributed by atoms with Gasteiger partial charge in [0.25, 0.3) is 0 Å². The molecule has 0 aliphatic heterocycles. The van der Waals surface area contributed by atoms with E-state index >= 15 is 0 Å². The first kappa shape index (κ1) is 10.6. The van der Waals surface area contributed by atoms with Gasteiger partial charge in [-0.15, -0.1) is 0 Å². The van der Waals surface area contributed by atoms with Gasteiger partial charge in [-0.1, -0.05) is 6.08 Å². The summed E-state index contributed by atoms with van der Waals surface area (Å²) in [4.78, 5) is 0. The summed E-state index contributed by atoms with van der Waals surface area (Å²) in [5, 5.41) is 0. The SMILES string of the molecule is CC=C(N)Cc1cc(F)c(F)cc1F. The molecule has 0 atom stereocenters. The highest BCUT2D eigenvalue weighted by molar-refractivity contribution is 5.24. The van der Waals surface area contributed by atoms with Gasteiger partial charge in [0.05, 0.1) is 0 Å². The number of benzene rings is 1. The summed E-state index contributed by atoms with van der Waals surface area (Å²) in [6.07, 6.45) is 1.67. The fourth-order valence-electron chi connectivity index (χ4n) is 1.02. The molecule has 1 nitrogen and oxygen atoms in total. The quantitative estimate of drug-likeness (QED) is 0.731. The minimum atomic E-state index is -1.19. The van der Waals surface area contributed by atoms with Crippen LogP contribution in [0.4, 0.5) is 13.2 Å². The third-order valence-electron chi connectivity index (χ3n) is 1.85. The molecule has 0 saturated carbocycles. The lowest BCUT2D eigenvalue weighted by molar-refractivity contribution is 0.491. The zero-order valence-corrected chi connectivity index (χ0v) is 7.65. The third kappa shape index (κ3) is 2.28. The molecule has 76 valence electrons. The standard InChI is InChI=1S/C10H10F3N/c1-2-7(14)3-6-4-9(12)10(13)5-8(6)11/h2,4-5H,3,14H2,1H3. The molecule has 0 unspecified atom stereocenters. The smallest absolute Gasteiger partial charge is 0.161 e. The maximum absolute atomic E-state index is 13.0. The van der Waals surface area contributed by atoms with E-state index in [9.17, 15) is 13.2 Å². The van der Waals surface area contributed by atoms with Crippen LogP contribution in [0.5, 0.6) is 0 Å². The van der Waals surface area contributed by atoms with E-state index in [0.29, 0.717) is 11.8 Å². The second-order valence-electron chi connectivity index (χ2n) is 2.90. The number of hydrogen-bond acceptors (Lipinski definition) is 1. The molecular weight excluding hydrogens is 191 g/mol. The molecule has 0 saturated heterocycles. The molecule has 4 heteroatoms. The van der Waals surface area contributed by atoms with E-state index in [1.54, 1.807) is 13.0 Å². The Bertz CT molecular complexity index is 372. The van der Waals surface area contributed by atoms with Crippen molar-refractivity contribution in [3.8, 4) is 0 Å². The number of hydrogen-bond donors (Lipinski definition) is 1. The van der Waals surface area contributed by atoms with Gasteiger partial charge in [-0.2, -0.15) is 0 Å².